The Balaban J connectivity index is 2.15. The monoisotopic (exact) mass is 303 g/mol. The van der Waals surface area contributed by atoms with Gasteiger partial charge >= 0.3 is 0 Å². The summed E-state index contributed by atoms with van der Waals surface area (Å²) < 4.78 is 14.2. The highest BCUT2D eigenvalue weighted by Crippen LogP contribution is 2.32. The molecule has 0 unspecified atom stereocenters. The summed E-state index contributed by atoms with van der Waals surface area (Å²) in [6.07, 6.45) is 0. The molecule has 0 heterocycles. The summed E-state index contributed by atoms with van der Waals surface area (Å²) in [6, 6.07) is 13.5. The van der Waals surface area contributed by atoms with Gasteiger partial charge in [-0.3, -0.25) is 0 Å². The zero-order valence-corrected chi connectivity index (χ0v) is 13.6. The number of rotatable bonds is 6. The largest absolute Gasteiger partial charge is 0.312 e. The Morgan fingerprint density at radius 1 is 1.10 bits per heavy atom. The molecule has 0 radical (unpaired) electrons. The van der Waals surface area contributed by atoms with Crippen molar-refractivity contribution in [2.45, 2.75) is 37.1 Å². The van der Waals surface area contributed by atoms with Crippen LogP contribution in [0.2, 0.25) is 0 Å². The third-order valence-corrected chi connectivity index (χ3v) is 4.33. The van der Waals surface area contributed by atoms with Crippen molar-refractivity contribution in [3.05, 3.63) is 59.4 Å². The summed E-state index contributed by atoms with van der Waals surface area (Å²) in [5.41, 5.74) is 2.23. The van der Waals surface area contributed by atoms with E-state index in [2.05, 4.69) is 38.2 Å². The molecule has 0 fully saturated rings. The van der Waals surface area contributed by atoms with Crippen molar-refractivity contribution in [1.82, 2.24) is 5.32 Å². The zero-order chi connectivity index (χ0) is 15.2. The van der Waals surface area contributed by atoms with E-state index in [1.165, 1.54) is 23.4 Å². The molecule has 2 aromatic carbocycles. The summed E-state index contributed by atoms with van der Waals surface area (Å²) >= 11 is 1.49. The molecule has 0 spiro atoms. The zero-order valence-electron chi connectivity index (χ0n) is 12.8. The molecule has 0 atom stereocenters. The van der Waals surface area contributed by atoms with Crippen LogP contribution >= 0.6 is 11.8 Å². The highest BCUT2D eigenvalue weighted by molar-refractivity contribution is 7.99. The first-order valence-corrected chi connectivity index (χ1v) is 8.10. The number of benzene rings is 2. The molecule has 1 nitrogen and oxygen atoms in total. The van der Waals surface area contributed by atoms with Crippen molar-refractivity contribution < 1.29 is 4.39 Å². The molecular weight excluding hydrogens is 281 g/mol. The smallest absolute Gasteiger partial charge is 0.137 e. The van der Waals surface area contributed by atoms with Gasteiger partial charge < -0.3 is 5.32 Å². The van der Waals surface area contributed by atoms with Crippen molar-refractivity contribution in [1.29, 1.82) is 0 Å². The second-order valence-electron chi connectivity index (χ2n) is 5.67. The fraction of sp³-hybridized carbons (Fsp3) is 0.333. The second-order valence-corrected chi connectivity index (χ2v) is 6.75. The average molecular weight is 303 g/mol. The predicted molar refractivity (Wildman–Crippen MR) is 88.2 cm³/mol. The van der Waals surface area contributed by atoms with Gasteiger partial charge in [0.1, 0.15) is 5.82 Å². The molecule has 0 aliphatic carbocycles. The highest BCUT2D eigenvalue weighted by Gasteiger charge is 2.10. The molecule has 0 saturated carbocycles. The van der Waals surface area contributed by atoms with Gasteiger partial charge in [-0.2, -0.15) is 0 Å². The fourth-order valence-electron chi connectivity index (χ4n) is 2.03. The van der Waals surface area contributed by atoms with Crippen LogP contribution in [0.5, 0.6) is 0 Å². The quantitative estimate of drug-likeness (QED) is 0.803. The molecule has 0 aromatic heterocycles. The summed E-state index contributed by atoms with van der Waals surface area (Å²) in [7, 11) is 0. The maximum atomic E-state index is 14.2. The summed E-state index contributed by atoms with van der Waals surface area (Å²) in [5, 5.41) is 3.38. The van der Waals surface area contributed by atoms with E-state index in [-0.39, 0.29) is 5.82 Å². The SMILES string of the molecule is Cc1ccc(Sc2c(F)cccc2CNCC(C)C)cc1. The van der Waals surface area contributed by atoms with Crippen molar-refractivity contribution in [3.63, 3.8) is 0 Å². The van der Waals surface area contributed by atoms with Gasteiger partial charge in [0.2, 0.25) is 0 Å². The van der Waals surface area contributed by atoms with E-state index in [4.69, 9.17) is 0 Å². The van der Waals surface area contributed by atoms with E-state index in [1.54, 1.807) is 6.07 Å². The molecule has 0 bridgehead atoms. The third kappa shape index (κ3) is 4.87. The van der Waals surface area contributed by atoms with E-state index in [0.717, 1.165) is 21.9 Å². The lowest BCUT2D eigenvalue weighted by atomic mass is 10.2. The average Bonchev–Trinajstić information content (AvgIpc) is 2.44. The van der Waals surface area contributed by atoms with E-state index in [0.29, 0.717) is 12.5 Å². The lowest BCUT2D eigenvalue weighted by Crippen LogP contribution is -2.19. The number of nitrogens with one attached hydrogen (secondary N) is 1. The fourth-order valence-corrected chi connectivity index (χ4v) is 2.97. The Hall–Kier alpha value is -1.32. The van der Waals surface area contributed by atoms with Gasteiger partial charge in [0.15, 0.2) is 0 Å². The second kappa shape index (κ2) is 7.62. The van der Waals surface area contributed by atoms with Crippen molar-refractivity contribution >= 4 is 11.8 Å². The number of hydrogen-bond acceptors (Lipinski definition) is 2. The molecule has 0 saturated heterocycles. The van der Waals surface area contributed by atoms with Crippen LogP contribution in [0.25, 0.3) is 0 Å². The summed E-state index contributed by atoms with van der Waals surface area (Å²) in [4.78, 5) is 1.79. The van der Waals surface area contributed by atoms with Gasteiger partial charge in [-0.05, 0) is 43.1 Å². The van der Waals surface area contributed by atoms with Crippen LogP contribution < -0.4 is 5.32 Å². The Morgan fingerprint density at radius 2 is 1.81 bits per heavy atom. The third-order valence-electron chi connectivity index (χ3n) is 3.16. The maximum absolute atomic E-state index is 14.2. The van der Waals surface area contributed by atoms with Crippen LogP contribution in [0, 0.1) is 18.7 Å². The molecule has 1 N–H and O–H groups in total. The molecule has 3 heteroatoms. The minimum absolute atomic E-state index is 0.149. The van der Waals surface area contributed by atoms with Crippen molar-refractivity contribution in [2.75, 3.05) is 6.54 Å². The molecule has 0 aliphatic heterocycles. The van der Waals surface area contributed by atoms with Gasteiger partial charge in [-0.25, -0.2) is 4.39 Å². The molecule has 2 aromatic rings. The van der Waals surface area contributed by atoms with Crippen LogP contribution in [-0.2, 0) is 6.54 Å². The van der Waals surface area contributed by atoms with Crippen LogP contribution in [0.4, 0.5) is 4.39 Å². The summed E-state index contributed by atoms with van der Waals surface area (Å²) in [6.45, 7) is 8.02. The van der Waals surface area contributed by atoms with Crippen LogP contribution in [0.15, 0.2) is 52.3 Å². The Bertz CT molecular complexity index is 578. The molecule has 0 amide bonds. The van der Waals surface area contributed by atoms with Crippen LogP contribution in [0.3, 0.4) is 0 Å². The Morgan fingerprint density at radius 3 is 2.48 bits per heavy atom. The van der Waals surface area contributed by atoms with E-state index >= 15 is 0 Å². The minimum atomic E-state index is -0.149. The lowest BCUT2D eigenvalue weighted by Gasteiger charge is -2.12. The van der Waals surface area contributed by atoms with E-state index < -0.39 is 0 Å². The highest BCUT2D eigenvalue weighted by atomic mass is 32.2. The van der Waals surface area contributed by atoms with Crippen LogP contribution in [0.1, 0.15) is 25.0 Å². The standard InChI is InChI=1S/C18H22FNS/c1-13(2)11-20-12-15-5-4-6-17(19)18(15)21-16-9-7-14(3)8-10-16/h4-10,13,20H,11-12H2,1-3H3. The molecule has 112 valence electrons. The molecule has 21 heavy (non-hydrogen) atoms. The number of aryl methyl sites for hydroxylation is 1. The van der Waals surface area contributed by atoms with Crippen molar-refractivity contribution in [2.24, 2.45) is 5.92 Å². The lowest BCUT2D eigenvalue weighted by molar-refractivity contribution is 0.543. The normalized spacial score (nSPS) is 11.1. The number of hydrogen-bond donors (Lipinski definition) is 1. The number of halogens is 1. The first-order chi connectivity index (χ1) is 10.1. The van der Waals surface area contributed by atoms with Gasteiger partial charge in [0.25, 0.3) is 0 Å². The Kier molecular flexibility index (Phi) is 5.83. The molecule has 2 rings (SSSR count). The van der Waals surface area contributed by atoms with Crippen LogP contribution in [-0.4, -0.2) is 6.54 Å². The Labute approximate surface area is 131 Å². The molecule has 0 aliphatic rings. The van der Waals surface area contributed by atoms with Crippen molar-refractivity contribution in [3.8, 4) is 0 Å². The maximum Gasteiger partial charge on any atom is 0.137 e. The minimum Gasteiger partial charge on any atom is -0.312 e. The summed E-state index contributed by atoms with van der Waals surface area (Å²) in [5.74, 6) is 0.441. The molecular formula is C18H22FNS. The predicted octanol–water partition coefficient (Wildman–Crippen LogP) is 5.03. The first-order valence-electron chi connectivity index (χ1n) is 7.29. The van der Waals surface area contributed by atoms with Gasteiger partial charge in [-0.15, -0.1) is 0 Å². The van der Waals surface area contributed by atoms with Gasteiger partial charge in [0, 0.05) is 11.4 Å². The van der Waals surface area contributed by atoms with E-state index in [1.807, 2.05) is 18.2 Å². The van der Waals surface area contributed by atoms with Gasteiger partial charge in [0.05, 0.1) is 4.90 Å². The topological polar surface area (TPSA) is 12.0 Å². The van der Waals surface area contributed by atoms with E-state index in [9.17, 15) is 4.39 Å². The first kappa shape index (κ1) is 16.1. The van der Waals surface area contributed by atoms with Gasteiger partial charge in [-0.1, -0.05) is 55.4 Å².